The first-order chi connectivity index (χ1) is 14.1. The van der Waals surface area contributed by atoms with Crippen molar-refractivity contribution >= 4 is 11.9 Å². The van der Waals surface area contributed by atoms with Crippen molar-refractivity contribution in [1.82, 2.24) is 4.90 Å². The standard InChI is InChI=1S/C24H24N2O3/c25-15-17-6-8-19(9-7-17)23-14-20(21-12-22(27)13-21)10-11-26(23)24(28)29-16-18-4-2-1-3-5-18/h1-9,20-21,23H,10-14,16H2. The van der Waals surface area contributed by atoms with Crippen LogP contribution in [0.5, 0.6) is 0 Å². The summed E-state index contributed by atoms with van der Waals surface area (Å²) in [5, 5.41) is 9.07. The normalized spacial score (nSPS) is 21.9. The van der Waals surface area contributed by atoms with Crippen LogP contribution in [0.1, 0.15) is 48.4 Å². The van der Waals surface area contributed by atoms with E-state index in [0.29, 0.717) is 42.6 Å². The number of ketones is 1. The molecule has 1 amide bonds. The van der Waals surface area contributed by atoms with Gasteiger partial charge in [-0.15, -0.1) is 0 Å². The largest absolute Gasteiger partial charge is 0.445 e. The molecule has 29 heavy (non-hydrogen) atoms. The van der Waals surface area contributed by atoms with E-state index >= 15 is 0 Å². The quantitative estimate of drug-likeness (QED) is 0.766. The van der Waals surface area contributed by atoms with Crippen LogP contribution < -0.4 is 0 Å². The molecule has 1 saturated heterocycles. The molecule has 0 bridgehead atoms. The topological polar surface area (TPSA) is 70.4 Å². The first kappa shape index (κ1) is 19.2. The minimum absolute atomic E-state index is 0.0968. The smallest absolute Gasteiger partial charge is 0.410 e. The zero-order chi connectivity index (χ0) is 20.2. The summed E-state index contributed by atoms with van der Waals surface area (Å²) in [4.78, 5) is 26.1. The van der Waals surface area contributed by atoms with E-state index in [-0.39, 0.29) is 18.7 Å². The van der Waals surface area contributed by atoms with Gasteiger partial charge >= 0.3 is 6.09 Å². The molecule has 2 unspecified atom stereocenters. The SMILES string of the molecule is N#Cc1ccc(C2CC(C3CC(=O)C3)CCN2C(=O)OCc2ccccc2)cc1. The lowest BCUT2D eigenvalue weighted by atomic mass is 9.69. The van der Waals surface area contributed by atoms with Crippen molar-refractivity contribution in [3.63, 3.8) is 0 Å². The molecule has 5 nitrogen and oxygen atoms in total. The number of hydrogen-bond donors (Lipinski definition) is 0. The third-order valence-electron chi connectivity index (χ3n) is 6.15. The van der Waals surface area contributed by atoms with Gasteiger partial charge in [0.2, 0.25) is 0 Å². The Kier molecular flexibility index (Phi) is 5.62. The maximum absolute atomic E-state index is 12.9. The number of amides is 1. The number of nitrogens with zero attached hydrogens (tertiary/aromatic N) is 2. The summed E-state index contributed by atoms with van der Waals surface area (Å²) in [6, 6.07) is 19.1. The van der Waals surface area contributed by atoms with Gasteiger partial charge in [-0.05, 0) is 47.9 Å². The Morgan fingerprint density at radius 1 is 1.07 bits per heavy atom. The lowest BCUT2D eigenvalue weighted by molar-refractivity contribution is -0.129. The summed E-state index contributed by atoms with van der Waals surface area (Å²) in [7, 11) is 0. The first-order valence-electron chi connectivity index (χ1n) is 10.1. The van der Waals surface area contributed by atoms with Crippen LogP contribution in [0.4, 0.5) is 4.79 Å². The lowest BCUT2D eigenvalue weighted by Gasteiger charge is -2.43. The number of nitriles is 1. The molecule has 4 rings (SSSR count). The number of Topliss-reactive ketones (excluding diaryl/α,β-unsaturated/α-hetero) is 1. The average molecular weight is 388 g/mol. The van der Waals surface area contributed by atoms with Crippen LogP contribution in [-0.2, 0) is 16.1 Å². The average Bonchev–Trinajstić information content (AvgIpc) is 2.75. The molecule has 2 aromatic carbocycles. The highest BCUT2D eigenvalue weighted by atomic mass is 16.6. The number of piperidine rings is 1. The van der Waals surface area contributed by atoms with Gasteiger partial charge in [-0.25, -0.2) is 4.79 Å². The van der Waals surface area contributed by atoms with Crippen LogP contribution in [0.3, 0.4) is 0 Å². The van der Waals surface area contributed by atoms with E-state index < -0.39 is 0 Å². The van der Waals surface area contributed by atoms with Crippen LogP contribution in [0.25, 0.3) is 0 Å². The summed E-state index contributed by atoms with van der Waals surface area (Å²) in [5.41, 5.74) is 2.57. The molecule has 0 spiro atoms. The van der Waals surface area contributed by atoms with Gasteiger partial charge < -0.3 is 9.64 Å². The molecule has 2 aromatic rings. The Bertz CT molecular complexity index is 909. The molecule has 2 fully saturated rings. The van der Waals surface area contributed by atoms with E-state index in [0.717, 1.165) is 24.0 Å². The van der Waals surface area contributed by atoms with Crippen molar-refractivity contribution in [2.24, 2.45) is 11.8 Å². The minimum Gasteiger partial charge on any atom is -0.445 e. The Labute approximate surface area is 170 Å². The van der Waals surface area contributed by atoms with Gasteiger partial charge in [0.25, 0.3) is 0 Å². The molecule has 1 saturated carbocycles. The molecule has 1 aliphatic heterocycles. The van der Waals surface area contributed by atoms with Gasteiger partial charge in [0.05, 0.1) is 17.7 Å². The fraction of sp³-hybridized carbons (Fsp3) is 0.375. The predicted octanol–water partition coefficient (Wildman–Crippen LogP) is 4.63. The monoisotopic (exact) mass is 388 g/mol. The Balaban J connectivity index is 1.49. The fourth-order valence-electron chi connectivity index (χ4n) is 4.40. The summed E-state index contributed by atoms with van der Waals surface area (Å²) in [6.45, 7) is 0.866. The van der Waals surface area contributed by atoms with E-state index in [2.05, 4.69) is 6.07 Å². The maximum atomic E-state index is 12.9. The summed E-state index contributed by atoms with van der Waals surface area (Å²) in [5.74, 6) is 1.21. The van der Waals surface area contributed by atoms with Crippen LogP contribution in [-0.4, -0.2) is 23.3 Å². The number of rotatable bonds is 4. The third kappa shape index (κ3) is 4.32. The van der Waals surface area contributed by atoms with Crippen molar-refractivity contribution in [2.75, 3.05) is 6.54 Å². The number of benzene rings is 2. The molecule has 2 atom stereocenters. The van der Waals surface area contributed by atoms with Gasteiger partial charge in [0.15, 0.2) is 0 Å². The highest BCUT2D eigenvalue weighted by Gasteiger charge is 2.40. The fourth-order valence-corrected chi connectivity index (χ4v) is 4.40. The molecule has 0 N–H and O–H groups in total. The second kappa shape index (κ2) is 8.48. The molecule has 5 heteroatoms. The van der Waals surface area contributed by atoms with Crippen molar-refractivity contribution in [3.8, 4) is 6.07 Å². The molecule has 2 aliphatic rings. The molecular formula is C24H24N2O3. The van der Waals surface area contributed by atoms with Gasteiger partial charge in [-0.2, -0.15) is 5.26 Å². The molecular weight excluding hydrogens is 364 g/mol. The second-order valence-corrected chi connectivity index (χ2v) is 7.97. The van der Waals surface area contributed by atoms with Crippen molar-refractivity contribution < 1.29 is 14.3 Å². The Morgan fingerprint density at radius 3 is 2.45 bits per heavy atom. The van der Waals surface area contributed by atoms with Crippen LogP contribution >= 0.6 is 0 Å². The van der Waals surface area contributed by atoms with E-state index in [4.69, 9.17) is 10.00 Å². The predicted molar refractivity (Wildman–Crippen MR) is 108 cm³/mol. The Morgan fingerprint density at radius 2 is 1.79 bits per heavy atom. The van der Waals surface area contributed by atoms with E-state index in [1.807, 2.05) is 42.5 Å². The van der Waals surface area contributed by atoms with Crippen molar-refractivity contribution in [1.29, 1.82) is 5.26 Å². The first-order valence-corrected chi connectivity index (χ1v) is 10.1. The highest BCUT2D eigenvalue weighted by Crippen LogP contribution is 2.43. The van der Waals surface area contributed by atoms with Gasteiger partial charge in [0, 0.05) is 19.4 Å². The zero-order valence-electron chi connectivity index (χ0n) is 16.3. The van der Waals surface area contributed by atoms with Crippen LogP contribution in [0.15, 0.2) is 54.6 Å². The maximum Gasteiger partial charge on any atom is 0.410 e. The number of likely N-dealkylation sites (tertiary alicyclic amines) is 1. The number of carbonyl (C=O) groups is 2. The molecule has 148 valence electrons. The molecule has 1 aliphatic carbocycles. The third-order valence-corrected chi connectivity index (χ3v) is 6.15. The lowest BCUT2D eigenvalue weighted by Crippen LogP contribution is -2.44. The second-order valence-electron chi connectivity index (χ2n) is 7.97. The van der Waals surface area contributed by atoms with Crippen LogP contribution in [0.2, 0.25) is 0 Å². The molecule has 0 radical (unpaired) electrons. The minimum atomic E-state index is -0.314. The van der Waals surface area contributed by atoms with Gasteiger partial charge in [-0.3, -0.25) is 4.79 Å². The molecule has 1 heterocycles. The summed E-state index contributed by atoms with van der Waals surface area (Å²) >= 11 is 0. The highest BCUT2D eigenvalue weighted by molar-refractivity contribution is 5.84. The van der Waals surface area contributed by atoms with Gasteiger partial charge in [0.1, 0.15) is 12.4 Å². The van der Waals surface area contributed by atoms with Gasteiger partial charge in [-0.1, -0.05) is 42.5 Å². The number of carbonyl (C=O) groups excluding carboxylic acids is 2. The summed E-state index contributed by atoms with van der Waals surface area (Å²) < 4.78 is 5.60. The summed E-state index contributed by atoms with van der Waals surface area (Å²) in [6.07, 6.45) is 2.74. The molecule has 0 aromatic heterocycles. The van der Waals surface area contributed by atoms with E-state index in [1.54, 1.807) is 17.0 Å². The Hall–Kier alpha value is -3.13. The van der Waals surface area contributed by atoms with E-state index in [1.165, 1.54) is 0 Å². The van der Waals surface area contributed by atoms with E-state index in [9.17, 15) is 9.59 Å². The zero-order valence-corrected chi connectivity index (χ0v) is 16.3. The number of hydrogen-bond acceptors (Lipinski definition) is 4. The van der Waals surface area contributed by atoms with Crippen molar-refractivity contribution in [3.05, 3.63) is 71.3 Å². The number of ether oxygens (including phenoxy) is 1. The van der Waals surface area contributed by atoms with Crippen molar-refractivity contribution in [2.45, 2.75) is 38.3 Å². The van der Waals surface area contributed by atoms with Crippen LogP contribution in [0, 0.1) is 23.2 Å².